The van der Waals surface area contributed by atoms with E-state index in [0.29, 0.717) is 26.3 Å². The van der Waals surface area contributed by atoms with E-state index in [9.17, 15) is 4.79 Å². The lowest BCUT2D eigenvalue weighted by Gasteiger charge is -2.14. The predicted octanol–water partition coefficient (Wildman–Crippen LogP) is 3.79. The van der Waals surface area contributed by atoms with Crippen molar-refractivity contribution >= 4 is 35.6 Å². The van der Waals surface area contributed by atoms with Crippen LogP contribution in [0.3, 0.4) is 0 Å². The van der Waals surface area contributed by atoms with E-state index in [4.69, 9.17) is 9.47 Å². The van der Waals surface area contributed by atoms with Gasteiger partial charge in [0.05, 0.1) is 13.2 Å². The summed E-state index contributed by atoms with van der Waals surface area (Å²) in [5.74, 6) is 2.27. The Bertz CT molecular complexity index is 898. The third-order valence-electron chi connectivity index (χ3n) is 4.68. The molecule has 3 rings (SSSR count). The zero-order valence-corrected chi connectivity index (χ0v) is 20.0. The normalized spacial score (nSPS) is 13.2. The van der Waals surface area contributed by atoms with E-state index in [2.05, 4.69) is 15.6 Å². The summed E-state index contributed by atoms with van der Waals surface area (Å²) in [5.41, 5.74) is 1.95. The Morgan fingerprint density at radius 2 is 1.93 bits per heavy atom. The molecule has 8 heteroatoms. The van der Waals surface area contributed by atoms with Gasteiger partial charge >= 0.3 is 0 Å². The summed E-state index contributed by atoms with van der Waals surface area (Å²) in [6.45, 7) is 7.51. The number of fused-ring (bicyclic) bond motifs is 1. The standard InChI is InChI=1S/C22H30N4O3.HI/c1-3-23-22(24-12-4-5-13-26-17(2)8-6-9-21(26)27)25-18-10-11-19-20(16-18)29-15-7-14-28-19;/h6,8-11,16H,3-5,7,12-15H2,1-2H3,(H2,23,24,25);1H. The molecule has 2 aromatic rings. The van der Waals surface area contributed by atoms with Crippen molar-refractivity contribution in [2.75, 3.05) is 31.6 Å². The minimum Gasteiger partial charge on any atom is -0.490 e. The van der Waals surface area contributed by atoms with Crippen LogP contribution in [0.5, 0.6) is 11.5 Å². The molecular weight excluding hydrogens is 495 g/mol. The van der Waals surface area contributed by atoms with E-state index < -0.39 is 0 Å². The van der Waals surface area contributed by atoms with Crippen LogP contribution >= 0.6 is 24.0 Å². The number of unbranched alkanes of at least 4 members (excludes halogenated alkanes) is 1. The zero-order chi connectivity index (χ0) is 20.5. The monoisotopic (exact) mass is 526 g/mol. The van der Waals surface area contributed by atoms with E-state index in [0.717, 1.165) is 54.6 Å². The molecule has 0 aliphatic carbocycles. The minimum absolute atomic E-state index is 0. The van der Waals surface area contributed by atoms with Gasteiger partial charge in [-0.1, -0.05) is 6.07 Å². The van der Waals surface area contributed by atoms with Gasteiger partial charge in [-0.3, -0.25) is 9.79 Å². The summed E-state index contributed by atoms with van der Waals surface area (Å²) in [7, 11) is 0. The summed E-state index contributed by atoms with van der Waals surface area (Å²) in [6, 6.07) is 11.2. The van der Waals surface area contributed by atoms with Crippen molar-refractivity contribution in [3.8, 4) is 11.5 Å². The number of rotatable bonds is 7. The summed E-state index contributed by atoms with van der Waals surface area (Å²) < 4.78 is 13.2. The quantitative estimate of drug-likeness (QED) is 0.249. The summed E-state index contributed by atoms with van der Waals surface area (Å²) >= 11 is 0. The topological polar surface area (TPSA) is 76.9 Å². The highest BCUT2D eigenvalue weighted by molar-refractivity contribution is 14.0. The second kappa shape index (κ2) is 12.5. The maximum absolute atomic E-state index is 11.9. The van der Waals surface area contributed by atoms with E-state index in [1.807, 2.05) is 42.7 Å². The molecule has 1 aromatic heterocycles. The number of aryl methyl sites for hydroxylation is 1. The fourth-order valence-electron chi connectivity index (χ4n) is 3.17. The average molecular weight is 526 g/mol. The van der Waals surface area contributed by atoms with Crippen LogP contribution in [-0.2, 0) is 6.54 Å². The Morgan fingerprint density at radius 1 is 1.13 bits per heavy atom. The van der Waals surface area contributed by atoms with Crippen LogP contribution in [0.15, 0.2) is 46.2 Å². The van der Waals surface area contributed by atoms with Crippen molar-refractivity contribution in [1.29, 1.82) is 0 Å². The molecule has 0 spiro atoms. The smallest absolute Gasteiger partial charge is 0.250 e. The number of nitrogens with zero attached hydrogens (tertiary/aromatic N) is 2. The number of ether oxygens (including phenoxy) is 2. The second-order valence-electron chi connectivity index (χ2n) is 6.96. The van der Waals surface area contributed by atoms with Gasteiger partial charge in [-0.25, -0.2) is 0 Å². The highest BCUT2D eigenvalue weighted by Crippen LogP contribution is 2.32. The average Bonchev–Trinajstić information content (AvgIpc) is 2.95. The third-order valence-corrected chi connectivity index (χ3v) is 4.68. The van der Waals surface area contributed by atoms with Crippen LogP contribution in [0.4, 0.5) is 5.69 Å². The molecule has 30 heavy (non-hydrogen) atoms. The van der Waals surface area contributed by atoms with Gasteiger partial charge < -0.3 is 24.7 Å². The maximum Gasteiger partial charge on any atom is 0.250 e. The second-order valence-corrected chi connectivity index (χ2v) is 6.96. The predicted molar refractivity (Wildman–Crippen MR) is 132 cm³/mol. The lowest BCUT2D eigenvalue weighted by Crippen LogP contribution is -2.30. The number of aromatic nitrogens is 1. The number of nitrogens with one attached hydrogen (secondary N) is 2. The highest BCUT2D eigenvalue weighted by atomic mass is 127. The van der Waals surface area contributed by atoms with E-state index in [1.54, 1.807) is 12.1 Å². The van der Waals surface area contributed by atoms with Gasteiger partial charge in [-0.2, -0.15) is 0 Å². The van der Waals surface area contributed by atoms with Crippen LogP contribution < -0.4 is 25.7 Å². The Hall–Kier alpha value is -2.23. The molecular formula is C22H31IN4O3. The van der Waals surface area contributed by atoms with Gasteiger partial charge in [0.15, 0.2) is 17.5 Å². The third kappa shape index (κ3) is 6.93. The number of aliphatic imine (C=N–C) groups is 1. The molecule has 0 saturated heterocycles. The first-order valence-electron chi connectivity index (χ1n) is 10.3. The van der Waals surface area contributed by atoms with Gasteiger partial charge in [0, 0.05) is 49.6 Å². The van der Waals surface area contributed by atoms with Crippen LogP contribution in [-0.4, -0.2) is 36.8 Å². The summed E-state index contributed by atoms with van der Waals surface area (Å²) in [5, 5.41) is 6.59. The molecule has 0 amide bonds. The summed E-state index contributed by atoms with van der Waals surface area (Å²) in [6.07, 6.45) is 2.69. The molecule has 1 aliphatic rings. The molecule has 7 nitrogen and oxygen atoms in total. The SMILES string of the molecule is CCNC(=NCCCCn1c(C)cccc1=O)Nc1ccc2c(c1)OCCCO2.I. The number of hydrogen-bond donors (Lipinski definition) is 2. The lowest BCUT2D eigenvalue weighted by atomic mass is 10.2. The zero-order valence-electron chi connectivity index (χ0n) is 17.6. The minimum atomic E-state index is 0. The largest absolute Gasteiger partial charge is 0.490 e. The number of pyridine rings is 1. The molecule has 0 saturated carbocycles. The molecule has 0 unspecified atom stereocenters. The molecule has 1 aromatic carbocycles. The van der Waals surface area contributed by atoms with E-state index in [1.165, 1.54) is 0 Å². The van der Waals surface area contributed by atoms with Crippen molar-refractivity contribution in [2.24, 2.45) is 4.99 Å². The molecule has 164 valence electrons. The van der Waals surface area contributed by atoms with Gasteiger partial charge in [0.2, 0.25) is 0 Å². The first-order chi connectivity index (χ1) is 14.2. The number of halogens is 1. The Morgan fingerprint density at radius 3 is 2.70 bits per heavy atom. The first kappa shape index (κ1) is 24.0. The Labute approximate surface area is 194 Å². The van der Waals surface area contributed by atoms with E-state index >= 15 is 0 Å². The van der Waals surface area contributed by atoms with Crippen molar-refractivity contribution in [1.82, 2.24) is 9.88 Å². The van der Waals surface area contributed by atoms with E-state index in [-0.39, 0.29) is 29.5 Å². The van der Waals surface area contributed by atoms with Crippen LogP contribution in [0, 0.1) is 6.92 Å². The highest BCUT2D eigenvalue weighted by Gasteiger charge is 2.11. The van der Waals surface area contributed by atoms with Crippen molar-refractivity contribution in [3.63, 3.8) is 0 Å². The van der Waals surface area contributed by atoms with Crippen LogP contribution in [0.1, 0.15) is 31.9 Å². The number of anilines is 1. The molecule has 2 heterocycles. The van der Waals surface area contributed by atoms with Gasteiger partial charge in [-0.05, 0) is 44.9 Å². The molecule has 1 aliphatic heterocycles. The number of hydrogen-bond acceptors (Lipinski definition) is 4. The van der Waals surface area contributed by atoms with Crippen LogP contribution in [0.25, 0.3) is 0 Å². The molecule has 0 bridgehead atoms. The Balaban J connectivity index is 0.00000320. The van der Waals surface area contributed by atoms with Gasteiger partial charge in [0.25, 0.3) is 5.56 Å². The van der Waals surface area contributed by atoms with Crippen molar-refractivity contribution in [3.05, 3.63) is 52.4 Å². The lowest BCUT2D eigenvalue weighted by molar-refractivity contribution is 0.297. The number of guanidine groups is 1. The van der Waals surface area contributed by atoms with Gasteiger partial charge in [-0.15, -0.1) is 24.0 Å². The van der Waals surface area contributed by atoms with Gasteiger partial charge in [0.1, 0.15) is 0 Å². The fourth-order valence-corrected chi connectivity index (χ4v) is 3.17. The number of benzene rings is 1. The maximum atomic E-state index is 11.9. The summed E-state index contributed by atoms with van der Waals surface area (Å²) in [4.78, 5) is 16.6. The molecule has 0 atom stereocenters. The Kier molecular flexibility index (Phi) is 9.99. The fraction of sp³-hybridized carbons (Fsp3) is 0.455. The first-order valence-corrected chi connectivity index (χ1v) is 10.3. The molecule has 0 fully saturated rings. The molecule has 0 radical (unpaired) electrons. The van der Waals surface area contributed by atoms with Crippen molar-refractivity contribution < 1.29 is 9.47 Å². The van der Waals surface area contributed by atoms with Crippen LogP contribution in [0.2, 0.25) is 0 Å². The molecule has 2 N–H and O–H groups in total. The van der Waals surface area contributed by atoms with Crippen molar-refractivity contribution in [2.45, 2.75) is 39.7 Å².